The van der Waals surface area contributed by atoms with Gasteiger partial charge in [0.25, 0.3) is 0 Å². The molecule has 0 bridgehead atoms. The van der Waals surface area contributed by atoms with Gasteiger partial charge in [0.1, 0.15) is 0 Å². The molecule has 0 amide bonds. The highest BCUT2D eigenvalue weighted by atomic mass is 16.3. The van der Waals surface area contributed by atoms with E-state index in [0.29, 0.717) is 11.8 Å². The summed E-state index contributed by atoms with van der Waals surface area (Å²) in [6.45, 7) is 5.41. The molecule has 4 heteroatoms. The molecule has 1 saturated heterocycles. The third-order valence-electron chi connectivity index (χ3n) is 6.78. The van der Waals surface area contributed by atoms with Crippen molar-refractivity contribution in [3.63, 3.8) is 0 Å². The minimum absolute atomic E-state index is 0.234. The number of piperidine rings is 1. The average molecular weight is 381 g/mol. The van der Waals surface area contributed by atoms with Gasteiger partial charge >= 0.3 is 0 Å². The molecule has 4 nitrogen and oxygen atoms in total. The molecule has 0 radical (unpaired) electrons. The molecule has 1 aromatic carbocycles. The first-order valence-electron chi connectivity index (χ1n) is 10.7. The SMILES string of the molecule is Cc1ccccc1[C@H]1CCN(C[C@@H]2CCc3cccnc3[C@@H](O)C2)C[C@@H]1CO. The number of aryl methyl sites for hydroxylation is 2. The van der Waals surface area contributed by atoms with Crippen LogP contribution in [0.4, 0.5) is 0 Å². The van der Waals surface area contributed by atoms with Gasteiger partial charge in [-0.3, -0.25) is 4.98 Å². The molecule has 4 atom stereocenters. The van der Waals surface area contributed by atoms with Crippen LogP contribution < -0.4 is 0 Å². The number of pyridine rings is 1. The maximum Gasteiger partial charge on any atom is 0.0965 e. The smallest absolute Gasteiger partial charge is 0.0965 e. The van der Waals surface area contributed by atoms with Crippen molar-refractivity contribution in [3.8, 4) is 0 Å². The molecular weight excluding hydrogens is 348 g/mol. The number of aliphatic hydroxyl groups excluding tert-OH is 2. The molecule has 1 fully saturated rings. The Kier molecular flexibility index (Phi) is 6.10. The highest BCUT2D eigenvalue weighted by Crippen LogP contribution is 2.36. The second-order valence-electron chi connectivity index (χ2n) is 8.66. The van der Waals surface area contributed by atoms with E-state index in [4.69, 9.17) is 0 Å². The topological polar surface area (TPSA) is 56.6 Å². The molecule has 1 aliphatic carbocycles. The first-order valence-corrected chi connectivity index (χ1v) is 10.7. The predicted octanol–water partition coefficient (Wildman–Crippen LogP) is 3.47. The van der Waals surface area contributed by atoms with Crippen LogP contribution in [0.2, 0.25) is 0 Å². The van der Waals surface area contributed by atoms with Gasteiger partial charge < -0.3 is 15.1 Å². The number of likely N-dealkylation sites (tertiary alicyclic amines) is 1. The zero-order valence-electron chi connectivity index (χ0n) is 16.8. The van der Waals surface area contributed by atoms with E-state index in [1.165, 1.54) is 16.7 Å². The minimum atomic E-state index is -0.457. The summed E-state index contributed by atoms with van der Waals surface area (Å²) in [5.74, 6) is 1.19. The summed E-state index contributed by atoms with van der Waals surface area (Å²) in [6, 6.07) is 12.7. The summed E-state index contributed by atoms with van der Waals surface area (Å²) in [5, 5.41) is 20.7. The number of rotatable bonds is 4. The van der Waals surface area contributed by atoms with Gasteiger partial charge in [-0.05, 0) is 73.7 Å². The zero-order chi connectivity index (χ0) is 19.5. The molecule has 1 aromatic heterocycles. The average Bonchev–Trinajstić information content (AvgIpc) is 2.87. The number of hydrogen-bond donors (Lipinski definition) is 2. The molecule has 4 rings (SSSR count). The molecule has 0 unspecified atom stereocenters. The van der Waals surface area contributed by atoms with E-state index in [1.807, 2.05) is 6.07 Å². The number of fused-ring (bicyclic) bond motifs is 1. The fourth-order valence-corrected chi connectivity index (χ4v) is 5.27. The molecule has 0 spiro atoms. The third-order valence-corrected chi connectivity index (χ3v) is 6.78. The number of benzene rings is 1. The van der Waals surface area contributed by atoms with E-state index in [1.54, 1.807) is 6.20 Å². The van der Waals surface area contributed by atoms with Gasteiger partial charge in [-0.15, -0.1) is 0 Å². The summed E-state index contributed by atoms with van der Waals surface area (Å²) in [5.41, 5.74) is 4.80. The van der Waals surface area contributed by atoms with E-state index in [0.717, 1.165) is 51.0 Å². The summed E-state index contributed by atoms with van der Waals surface area (Å²) >= 11 is 0. The monoisotopic (exact) mass is 380 g/mol. The Morgan fingerprint density at radius 2 is 2.00 bits per heavy atom. The van der Waals surface area contributed by atoms with Gasteiger partial charge in [0, 0.05) is 31.8 Å². The standard InChI is InChI=1S/C24H32N2O2/c1-17-5-2-3-7-21(17)22-10-12-26(15-20(22)16-27)14-18-8-9-19-6-4-11-25-24(19)23(28)13-18/h2-7,11,18,20,22-23,27-28H,8-10,12-16H2,1H3/t18-,20-,22+,23+/m1/s1. The van der Waals surface area contributed by atoms with E-state index < -0.39 is 6.10 Å². The van der Waals surface area contributed by atoms with Crippen LogP contribution in [0.5, 0.6) is 0 Å². The van der Waals surface area contributed by atoms with Crippen molar-refractivity contribution >= 4 is 0 Å². The van der Waals surface area contributed by atoms with E-state index in [9.17, 15) is 10.2 Å². The van der Waals surface area contributed by atoms with Gasteiger partial charge in [-0.2, -0.15) is 0 Å². The molecule has 2 aromatic rings. The maximum atomic E-state index is 10.6. The Morgan fingerprint density at radius 1 is 1.14 bits per heavy atom. The Balaban J connectivity index is 1.40. The van der Waals surface area contributed by atoms with Gasteiger partial charge in [0.2, 0.25) is 0 Å². The van der Waals surface area contributed by atoms with E-state index in [-0.39, 0.29) is 12.5 Å². The van der Waals surface area contributed by atoms with E-state index >= 15 is 0 Å². The fraction of sp³-hybridized carbons (Fsp3) is 0.542. The highest BCUT2D eigenvalue weighted by Gasteiger charge is 2.32. The molecule has 0 saturated carbocycles. The van der Waals surface area contributed by atoms with Crippen molar-refractivity contribution in [2.45, 2.75) is 44.6 Å². The number of aromatic nitrogens is 1. The Bertz CT molecular complexity index is 794. The minimum Gasteiger partial charge on any atom is -0.396 e. The summed E-state index contributed by atoms with van der Waals surface area (Å²) in [7, 11) is 0. The third kappa shape index (κ3) is 4.14. The van der Waals surface area contributed by atoms with Crippen molar-refractivity contribution < 1.29 is 10.2 Å². The van der Waals surface area contributed by atoms with Crippen molar-refractivity contribution in [1.29, 1.82) is 0 Å². The van der Waals surface area contributed by atoms with Crippen molar-refractivity contribution in [3.05, 3.63) is 65.0 Å². The van der Waals surface area contributed by atoms with Gasteiger partial charge in [-0.1, -0.05) is 30.3 Å². The summed E-state index contributed by atoms with van der Waals surface area (Å²) in [6.07, 6.45) is 5.29. The van der Waals surface area contributed by atoms with Crippen LogP contribution in [0.15, 0.2) is 42.6 Å². The number of hydrogen-bond acceptors (Lipinski definition) is 4. The van der Waals surface area contributed by atoms with Crippen LogP contribution in [0.3, 0.4) is 0 Å². The lowest BCUT2D eigenvalue weighted by molar-refractivity contribution is 0.0750. The van der Waals surface area contributed by atoms with Gasteiger partial charge in [-0.25, -0.2) is 0 Å². The molecular formula is C24H32N2O2. The van der Waals surface area contributed by atoms with Crippen LogP contribution in [0.25, 0.3) is 0 Å². The van der Waals surface area contributed by atoms with Crippen LogP contribution >= 0.6 is 0 Å². The quantitative estimate of drug-likeness (QED) is 0.798. The molecule has 150 valence electrons. The number of aliphatic hydroxyl groups is 2. The number of nitrogens with zero attached hydrogens (tertiary/aromatic N) is 2. The van der Waals surface area contributed by atoms with Crippen molar-refractivity contribution in [1.82, 2.24) is 9.88 Å². The van der Waals surface area contributed by atoms with Gasteiger partial charge in [0.05, 0.1) is 11.8 Å². The summed E-state index contributed by atoms with van der Waals surface area (Å²) in [4.78, 5) is 6.93. The second-order valence-corrected chi connectivity index (χ2v) is 8.66. The normalized spacial score (nSPS) is 28.5. The highest BCUT2D eigenvalue weighted by molar-refractivity contribution is 5.30. The molecule has 2 heterocycles. The van der Waals surface area contributed by atoms with Crippen LogP contribution in [-0.4, -0.2) is 46.3 Å². The van der Waals surface area contributed by atoms with Crippen LogP contribution in [-0.2, 0) is 6.42 Å². The lowest BCUT2D eigenvalue weighted by Gasteiger charge is -2.40. The van der Waals surface area contributed by atoms with Crippen molar-refractivity contribution in [2.24, 2.45) is 11.8 Å². The Labute approximate surface area is 168 Å². The Hall–Kier alpha value is -1.75. The molecule has 2 N–H and O–H groups in total. The Morgan fingerprint density at radius 3 is 2.82 bits per heavy atom. The molecule has 28 heavy (non-hydrogen) atoms. The first-order chi connectivity index (χ1) is 13.7. The zero-order valence-corrected chi connectivity index (χ0v) is 16.8. The lowest BCUT2D eigenvalue weighted by Crippen LogP contribution is -2.43. The van der Waals surface area contributed by atoms with Gasteiger partial charge in [0.15, 0.2) is 0 Å². The van der Waals surface area contributed by atoms with Crippen LogP contribution in [0, 0.1) is 18.8 Å². The maximum absolute atomic E-state index is 10.6. The van der Waals surface area contributed by atoms with Crippen molar-refractivity contribution in [2.75, 3.05) is 26.2 Å². The largest absolute Gasteiger partial charge is 0.396 e. The van der Waals surface area contributed by atoms with E-state index in [2.05, 4.69) is 47.1 Å². The molecule has 1 aliphatic heterocycles. The predicted molar refractivity (Wildman–Crippen MR) is 111 cm³/mol. The second kappa shape index (κ2) is 8.73. The van der Waals surface area contributed by atoms with Crippen LogP contribution in [0.1, 0.15) is 53.7 Å². The molecule has 2 aliphatic rings. The fourth-order valence-electron chi connectivity index (χ4n) is 5.27. The first kappa shape index (κ1) is 19.6. The summed E-state index contributed by atoms with van der Waals surface area (Å²) < 4.78 is 0. The lowest BCUT2D eigenvalue weighted by atomic mass is 9.79.